The van der Waals surface area contributed by atoms with Gasteiger partial charge in [0.15, 0.2) is 11.5 Å². The highest BCUT2D eigenvalue weighted by atomic mass is 79.9. The molecule has 0 spiro atoms. The van der Waals surface area contributed by atoms with Crippen molar-refractivity contribution in [3.8, 4) is 11.5 Å². The maximum Gasteiger partial charge on any atom is 0.174 e. The lowest BCUT2D eigenvalue weighted by atomic mass is 10.2. The molecule has 0 aliphatic heterocycles. The molecule has 0 aliphatic rings. The molecule has 23 heavy (non-hydrogen) atoms. The van der Waals surface area contributed by atoms with Crippen LogP contribution in [0.4, 0.5) is 0 Å². The molecule has 2 N–H and O–H groups in total. The zero-order valence-electron chi connectivity index (χ0n) is 13.0. The SMILES string of the molecule is COc1cc(CNCc2nc3ccccc3[nH]2)cc(Br)c1OC. The number of methoxy groups -OCH3 is 2. The van der Waals surface area contributed by atoms with E-state index in [4.69, 9.17) is 9.47 Å². The smallest absolute Gasteiger partial charge is 0.174 e. The topological polar surface area (TPSA) is 59.2 Å². The molecule has 0 atom stereocenters. The molecule has 3 rings (SSSR count). The van der Waals surface area contributed by atoms with E-state index in [1.165, 1.54) is 0 Å². The largest absolute Gasteiger partial charge is 0.493 e. The van der Waals surface area contributed by atoms with E-state index < -0.39 is 0 Å². The molecule has 120 valence electrons. The molecule has 2 aromatic carbocycles. The number of para-hydroxylation sites is 2. The van der Waals surface area contributed by atoms with Gasteiger partial charge in [0, 0.05) is 6.54 Å². The number of H-pyrrole nitrogens is 1. The Kier molecular flexibility index (Phi) is 4.83. The summed E-state index contributed by atoms with van der Waals surface area (Å²) >= 11 is 3.51. The average molecular weight is 376 g/mol. The number of nitrogens with one attached hydrogen (secondary N) is 2. The first-order chi connectivity index (χ1) is 11.2. The number of benzene rings is 2. The number of halogens is 1. The van der Waals surface area contributed by atoms with E-state index in [-0.39, 0.29) is 0 Å². The molecule has 0 bridgehead atoms. The van der Waals surface area contributed by atoms with Crippen LogP contribution in [0.25, 0.3) is 11.0 Å². The van der Waals surface area contributed by atoms with Crippen LogP contribution >= 0.6 is 15.9 Å². The van der Waals surface area contributed by atoms with Crippen LogP contribution in [-0.2, 0) is 13.1 Å². The summed E-state index contributed by atoms with van der Waals surface area (Å²) in [6, 6.07) is 12.0. The number of nitrogens with zero attached hydrogens (tertiary/aromatic N) is 1. The summed E-state index contributed by atoms with van der Waals surface area (Å²) in [5.41, 5.74) is 3.14. The summed E-state index contributed by atoms with van der Waals surface area (Å²) in [6.45, 7) is 1.37. The first kappa shape index (κ1) is 15.8. The van der Waals surface area contributed by atoms with E-state index in [9.17, 15) is 0 Å². The molecule has 0 fully saturated rings. The highest BCUT2D eigenvalue weighted by molar-refractivity contribution is 9.10. The summed E-state index contributed by atoms with van der Waals surface area (Å²) in [5, 5.41) is 3.38. The fraction of sp³-hybridized carbons (Fsp3) is 0.235. The van der Waals surface area contributed by atoms with Crippen molar-refractivity contribution in [2.24, 2.45) is 0 Å². The van der Waals surface area contributed by atoms with E-state index in [2.05, 4.69) is 31.2 Å². The summed E-state index contributed by atoms with van der Waals surface area (Å²) in [6.07, 6.45) is 0. The zero-order valence-corrected chi connectivity index (χ0v) is 14.6. The van der Waals surface area contributed by atoms with Crippen molar-refractivity contribution in [3.05, 3.63) is 52.3 Å². The van der Waals surface area contributed by atoms with Crippen LogP contribution in [0.15, 0.2) is 40.9 Å². The first-order valence-electron chi connectivity index (χ1n) is 7.26. The van der Waals surface area contributed by atoms with Crippen LogP contribution < -0.4 is 14.8 Å². The maximum atomic E-state index is 5.36. The van der Waals surface area contributed by atoms with E-state index in [1.807, 2.05) is 36.4 Å². The molecule has 0 saturated carbocycles. The van der Waals surface area contributed by atoms with Crippen molar-refractivity contribution in [1.82, 2.24) is 15.3 Å². The van der Waals surface area contributed by atoms with Gasteiger partial charge in [0.2, 0.25) is 0 Å². The summed E-state index contributed by atoms with van der Waals surface area (Å²) in [4.78, 5) is 7.86. The quantitative estimate of drug-likeness (QED) is 0.690. The summed E-state index contributed by atoms with van der Waals surface area (Å²) in [7, 11) is 3.26. The third kappa shape index (κ3) is 3.48. The van der Waals surface area contributed by atoms with E-state index in [0.717, 1.165) is 26.9 Å². The molecule has 1 heterocycles. The van der Waals surface area contributed by atoms with Gasteiger partial charge in [-0.2, -0.15) is 0 Å². The second-order valence-corrected chi connectivity index (χ2v) is 5.97. The predicted molar refractivity (Wildman–Crippen MR) is 93.9 cm³/mol. The number of ether oxygens (including phenoxy) is 2. The van der Waals surface area contributed by atoms with Gasteiger partial charge in [-0.15, -0.1) is 0 Å². The highest BCUT2D eigenvalue weighted by Crippen LogP contribution is 2.36. The van der Waals surface area contributed by atoms with Crippen molar-refractivity contribution < 1.29 is 9.47 Å². The monoisotopic (exact) mass is 375 g/mol. The Morgan fingerprint density at radius 3 is 2.70 bits per heavy atom. The fourth-order valence-corrected chi connectivity index (χ4v) is 3.14. The molecule has 6 heteroatoms. The number of hydrogen-bond acceptors (Lipinski definition) is 4. The average Bonchev–Trinajstić information content (AvgIpc) is 2.97. The van der Waals surface area contributed by atoms with Crippen LogP contribution in [0.3, 0.4) is 0 Å². The van der Waals surface area contributed by atoms with Gasteiger partial charge in [0.25, 0.3) is 0 Å². The van der Waals surface area contributed by atoms with E-state index in [0.29, 0.717) is 24.6 Å². The maximum absolute atomic E-state index is 5.36. The zero-order chi connectivity index (χ0) is 16.2. The molecule has 0 amide bonds. The van der Waals surface area contributed by atoms with Gasteiger partial charge in [0.05, 0.1) is 36.3 Å². The van der Waals surface area contributed by atoms with Gasteiger partial charge in [-0.05, 0) is 45.8 Å². The summed E-state index contributed by atoms with van der Waals surface area (Å²) < 4.78 is 11.6. The number of hydrogen-bond donors (Lipinski definition) is 2. The second-order valence-electron chi connectivity index (χ2n) is 5.12. The lowest BCUT2D eigenvalue weighted by Crippen LogP contribution is -2.13. The molecular weight excluding hydrogens is 358 g/mol. The standard InChI is InChI=1S/C17H18BrN3O2/c1-22-15-8-11(7-12(18)17(15)23-2)9-19-10-16-20-13-5-3-4-6-14(13)21-16/h3-8,19H,9-10H2,1-2H3,(H,20,21). The Bertz CT molecular complexity index is 784. The molecule has 0 aliphatic carbocycles. The third-order valence-corrected chi connectivity index (χ3v) is 4.14. The van der Waals surface area contributed by atoms with Gasteiger partial charge in [-0.1, -0.05) is 12.1 Å². The molecule has 1 aromatic heterocycles. The fourth-order valence-electron chi connectivity index (χ4n) is 2.49. The Labute approximate surface area is 143 Å². The van der Waals surface area contributed by atoms with Crippen molar-refractivity contribution in [2.45, 2.75) is 13.1 Å². The minimum atomic E-state index is 0.667. The van der Waals surface area contributed by atoms with E-state index in [1.54, 1.807) is 14.2 Å². The van der Waals surface area contributed by atoms with Gasteiger partial charge in [0.1, 0.15) is 5.82 Å². The van der Waals surface area contributed by atoms with Gasteiger partial charge < -0.3 is 19.8 Å². The predicted octanol–water partition coefficient (Wildman–Crippen LogP) is 3.63. The molecule has 3 aromatic rings. The van der Waals surface area contributed by atoms with Gasteiger partial charge in [-0.25, -0.2) is 4.98 Å². The first-order valence-corrected chi connectivity index (χ1v) is 8.05. The Balaban J connectivity index is 1.67. The molecular formula is C17H18BrN3O2. The highest BCUT2D eigenvalue weighted by Gasteiger charge is 2.10. The lowest BCUT2D eigenvalue weighted by molar-refractivity contribution is 0.352. The van der Waals surface area contributed by atoms with Crippen LogP contribution in [0.1, 0.15) is 11.4 Å². The molecule has 0 saturated heterocycles. The number of imidazole rings is 1. The minimum Gasteiger partial charge on any atom is -0.493 e. The summed E-state index contributed by atoms with van der Waals surface area (Å²) in [5.74, 6) is 2.33. The number of fused-ring (bicyclic) bond motifs is 1. The van der Waals surface area contributed by atoms with Crippen molar-refractivity contribution in [1.29, 1.82) is 0 Å². The Morgan fingerprint density at radius 1 is 1.13 bits per heavy atom. The van der Waals surface area contributed by atoms with Crippen molar-refractivity contribution in [2.75, 3.05) is 14.2 Å². The molecule has 5 nitrogen and oxygen atoms in total. The van der Waals surface area contributed by atoms with Crippen LogP contribution in [-0.4, -0.2) is 24.2 Å². The van der Waals surface area contributed by atoms with Gasteiger partial charge >= 0.3 is 0 Å². The number of aromatic nitrogens is 2. The minimum absolute atomic E-state index is 0.667. The Morgan fingerprint density at radius 2 is 1.96 bits per heavy atom. The van der Waals surface area contributed by atoms with Crippen molar-refractivity contribution >= 4 is 27.0 Å². The second kappa shape index (κ2) is 7.02. The van der Waals surface area contributed by atoms with Crippen LogP contribution in [0.5, 0.6) is 11.5 Å². The number of rotatable bonds is 6. The normalized spacial score (nSPS) is 10.9. The van der Waals surface area contributed by atoms with Crippen molar-refractivity contribution in [3.63, 3.8) is 0 Å². The molecule has 0 unspecified atom stereocenters. The van der Waals surface area contributed by atoms with Crippen LogP contribution in [0.2, 0.25) is 0 Å². The van der Waals surface area contributed by atoms with E-state index >= 15 is 0 Å². The number of aromatic amines is 1. The molecule has 0 radical (unpaired) electrons. The van der Waals surface area contributed by atoms with Crippen LogP contribution in [0, 0.1) is 0 Å². The lowest BCUT2D eigenvalue weighted by Gasteiger charge is -2.12. The third-order valence-electron chi connectivity index (χ3n) is 3.55. The Hall–Kier alpha value is -2.05. The van der Waals surface area contributed by atoms with Gasteiger partial charge in [-0.3, -0.25) is 0 Å².